The SMILES string of the molecule is c1cncc(-c2ccc3ccc4ccc(-c5cccc(-c6ccc7ccc8c(-c9cccc%10ccccc9%10)ccc9ccc6c7c98)c5)nc4c3n2)c1. The third-order valence-corrected chi connectivity index (χ3v) is 10.7. The van der Waals surface area contributed by atoms with Crippen LogP contribution in [0.4, 0.5) is 0 Å². The lowest BCUT2D eigenvalue weighted by atomic mass is 9.86. The van der Waals surface area contributed by atoms with E-state index in [4.69, 9.17) is 9.97 Å². The van der Waals surface area contributed by atoms with Gasteiger partial charge in [-0.1, -0.05) is 133 Å². The number of fused-ring (bicyclic) bond motifs is 4. The van der Waals surface area contributed by atoms with Crippen LogP contribution in [0, 0.1) is 0 Å². The summed E-state index contributed by atoms with van der Waals surface area (Å²) in [5.74, 6) is 0. The minimum Gasteiger partial charge on any atom is -0.264 e. The van der Waals surface area contributed by atoms with Crippen LogP contribution in [0.3, 0.4) is 0 Å². The van der Waals surface area contributed by atoms with Crippen LogP contribution in [-0.4, -0.2) is 15.0 Å². The van der Waals surface area contributed by atoms with Crippen molar-refractivity contribution in [2.45, 2.75) is 0 Å². The smallest absolute Gasteiger partial charge is 0.0972 e. The van der Waals surface area contributed by atoms with E-state index in [0.29, 0.717) is 0 Å². The van der Waals surface area contributed by atoms with Crippen LogP contribution in [0.2, 0.25) is 0 Å². The Hall–Kier alpha value is -6.97. The Morgan fingerprint density at radius 2 is 0.885 bits per heavy atom. The zero-order valence-corrected chi connectivity index (χ0v) is 28.1. The van der Waals surface area contributed by atoms with Crippen LogP contribution in [0.15, 0.2) is 176 Å². The second-order valence-corrected chi connectivity index (χ2v) is 13.6. The van der Waals surface area contributed by atoms with Gasteiger partial charge in [0.1, 0.15) is 0 Å². The fourth-order valence-electron chi connectivity index (χ4n) is 8.20. The van der Waals surface area contributed by atoms with Gasteiger partial charge in [0.05, 0.1) is 22.4 Å². The summed E-state index contributed by atoms with van der Waals surface area (Å²) in [7, 11) is 0. The largest absolute Gasteiger partial charge is 0.264 e. The monoisotopic (exact) mass is 659 g/mol. The number of pyridine rings is 3. The van der Waals surface area contributed by atoms with E-state index < -0.39 is 0 Å². The lowest BCUT2D eigenvalue weighted by Gasteiger charge is -2.17. The maximum atomic E-state index is 5.25. The molecule has 52 heavy (non-hydrogen) atoms. The Labute approximate surface area is 299 Å². The molecule has 240 valence electrons. The number of hydrogen-bond donors (Lipinski definition) is 0. The quantitative estimate of drug-likeness (QED) is 0.177. The van der Waals surface area contributed by atoms with E-state index in [1.165, 1.54) is 65.3 Å². The molecule has 0 N–H and O–H groups in total. The van der Waals surface area contributed by atoms with Gasteiger partial charge in [-0.15, -0.1) is 0 Å². The first kappa shape index (κ1) is 28.8. The van der Waals surface area contributed by atoms with Gasteiger partial charge in [-0.25, -0.2) is 9.97 Å². The summed E-state index contributed by atoms with van der Waals surface area (Å²) < 4.78 is 0. The lowest BCUT2D eigenvalue weighted by molar-refractivity contribution is 1.30. The van der Waals surface area contributed by atoms with Crippen LogP contribution >= 0.6 is 0 Å². The summed E-state index contributed by atoms with van der Waals surface area (Å²) in [5.41, 5.74) is 10.6. The molecule has 3 heteroatoms. The Bertz CT molecular complexity index is 3180. The van der Waals surface area contributed by atoms with Crippen molar-refractivity contribution < 1.29 is 0 Å². The highest BCUT2D eigenvalue weighted by Gasteiger charge is 2.17. The third kappa shape index (κ3) is 4.43. The van der Waals surface area contributed by atoms with Gasteiger partial charge >= 0.3 is 0 Å². The first-order chi connectivity index (χ1) is 25.8. The standard InChI is InChI=1S/C49H29N3/c1-2-11-38-30(6-1)7-4-12-40(38)41-22-16-32-17-23-42-39(21-15-31-18-24-43(41)47(32)46(31)42)35-8-3-9-36(28-35)44-25-19-33-13-14-34-20-26-45(37-10-5-27-50-29-37)52-49(34)48(33)51-44/h1-29H. The molecule has 0 fully saturated rings. The molecule has 3 aromatic heterocycles. The second-order valence-electron chi connectivity index (χ2n) is 13.6. The van der Waals surface area contributed by atoms with Crippen molar-refractivity contribution in [3.8, 4) is 44.8 Å². The summed E-state index contributed by atoms with van der Waals surface area (Å²) in [4.78, 5) is 14.6. The van der Waals surface area contributed by atoms with E-state index in [1.807, 2.05) is 18.3 Å². The van der Waals surface area contributed by atoms with Crippen molar-refractivity contribution in [3.63, 3.8) is 0 Å². The predicted molar refractivity (Wildman–Crippen MR) is 218 cm³/mol. The fourth-order valence-corrected chi connectivity index (χ4v) is 8.20. The average Bonchev–Trinajstić information content (AvgIpc) is 3.22. The van der Waals surface area contributed by atoms with Crippen molar-refractivity contribution in [1.29, 1.82) is 0 Å². The van der Waals surface area contributed by atoms with E-state index in [0.717, 1.165) is 44.3 Å². The first-order valence-electron chi connectivity index (χ1n) is 17.7. The van der Waals surface area contributed by atoms with Crippen molar-refractivity contribution in [3.05, 3.63) is 176 Å². The lowest BCUT2D eigenvalue weighted by Crippen LogP contribution is -1.92. The summed E-state index contributed by atoms with van der Waals surface area (Å²) in [6.45, 7) is 0. The molecule has 0 aliphatic rings. The number of nitrogens with zero attached hydrogens (tertiary/aromatic N) is 3. The van der Waals surface area contributed by atoms with Gasteiger partial charge in [0.15, 0.2) is 0 Å². The van der Waals surface area contributed by atoms with E-state index in [-0.39, 0.29) is 0 Å². The number of benzene rings is 8. The van der Waals surface area contributed by atoms with Gasteiger partial charge in [0.2, 0.25) is 0 Å². The minimum atomic E-state index is 0.889. The topological polar surface area (TPSA) is 38.7 Å². The Morgan fingerprint density at radius 3 is 1.63 bits per heavy atom. The fraction of sp³-hybridized carbons (Fsp3) is 0. The highest BCUT2D eigenvalue weighted by Crippen LogP contribution is 2.44. The van der Waals surface area contributed by atoms with Gasteiger partial charge < -0.3 is 0 Å². The van der Waals surface area contributed by atoms with E-state index in [1.54, 1.807) is 6.20 Å². The van der Waals surface area contributed by atoms with Gasteiger partial charge in [-0.2, -0.15) is 0 Å². The van der Waals surface area contributed by atoms with E-state index >= 15 is 0 Å². The minimum absolute atomic E-state index is 0.889. The van der Waals surface area contributed by atoms with E-state index in [9.17, 15) is 0 Å². The summed E-state index contributed by atoms with van der Waals surface area (Å²) >= 11 is 0. The van der Waals surface area contributed by atoms with Gasteiger partial charge in [0, 0.05) is 34.3 Å². The van der Waals surface area contributed by atoms with Crippen molar-refractivity contribution >= 4 is 64.9 Å². The molecular formula is C49H29N3. The number of rotatable bonds is 4. The molecule has 0 atom stereocenters. The average molecular weight is 660 g/mol. The Morgan fingerprint density at radius 1 is 0.327 bits per heavy atom. The molecule has 0 saturated carbocycles. The molecule has 0 spiro atoms. The van der Waals surface area contributed by atoms with Crippen molar-refractivity contribution in [1.82, 2.24) is 15.0 Å². The van der Waals surface area contributed by atoms with Crippen molar-refractivity contribution in [2.24, 2.45) is 0 Å². The van der Waals surface area contributed by atoms with Crippen LogP contribution < -0.4 is 0 Å². The number of aromatic nitrogens is 3. The molecule has 8 aromatic carbocycles. The summed E-state index contributed by atoms with van der Waals surface area (Å²) in [6, 6.07) is 59.1. The molecule has 0 radical (unpaired) electrons. The molecule has 0 aliphatic heterocycles. The van der Waals surface area contributed by atoms with E-state index in [2.05, 4.69) is 157 Å². The highest BCUT2D eigenvalue weighted by atomic mass is 14.8. The highest BCUT2D eigenvalue weighted by molar-refractivity contribution is 6.28. The first-order valence-corrected chi connectivity index (χ1v) is 17.7. The Kier molecular flexibility index (Phi) is 6.25. The molecule has 0 aliphatic carbocycles. The summed E-state index contributed by atoms with van der Waals surface area (Å²) in [5, 5.41) is 12.3. The molecular weight excluding hydrogens is 631 g/mol. The van der Waals surface area contributed by atoms with Crippen LogP contribution in [0.5, 0.6) is 0 Å². The number of hydrogen-bond acceptors (Lipinski definition) is 3. The summed E-state index contributed by atoms with van der Waals surface area (Å²) in [6.07, 6.45) is 3.64. The Balaban J connectivity index is 1.07. The van der Waals surface area contributed by atoms with Gasteiger partial charge in [-0.3, -0.25) is 4.98 Å². The normalized spacial score (nSPS) is 11.8. The molecule has 3 heterocycles. The predicted octanol–water partition coefficient (Wildman–Crippen LogP) is 12.9. The zero-order valence-electron chi connectivity index (χ0n) is 28.1. The van der Waals surface area contributed by atoms with Crippen LogP contribution in [0.25, 0.3) is 110 Å². The third-order valence-electron chi connectivity index (χ3n) is 10.7. The van der Waals surface area contributed by atoms with Crippen molar-refractivity contribution in [2.75, 3.05) is 0 Å². The molecule has 0 unspecified atom stereocenters. The maximum Gasteiger partial charge on any atom is 0.0972 e. The molecule has 11 rings (SSSR count). The van der Waals surface area contributed by atoms with Gasteiger partial charge in [-0.05, 0) is 95.7 Å². The van der Waals surface area contributed by atoms with Crippen LogP contribution in [-0.2, 0) is 0 Å². The van der Waals surface area contributed by atoms with Gasteiger partial charge in [0.25, 0.3) is 0 Å². The molecule has 11 aromatic rings. The second kappa shape index (κ2) is 11.3. The molecule has 3 nitrogen and oxygen atoms in total. The zero-order chi connectivity index (χ0) is 34.2. The molecule has 0 bridgehead atoms. The molecule has 0 saturated heterocycles. The van der Waals surface area contributed by atoms with Crippen LogP contribution in [0.1, 0.15) is 0 Å². The maximum absolute atomic E-state index is 5.25. The molecule has 0 amide bonds.